The molecule has 10 N–H and O–H groups in total. The molecule has 1 saturated carbocycles. The van der Waals surface area contributed by atoms with Gasteiger partial charge in [0.25, 0.3) is 0 Å². The first-order valence-corrected chi connectivity index (χ1v) is 17.6. The molecule has 256 valence electrons. The number of hydrogen-bond acceptors (Lipinski definition) is 16. The van der Waals surface area contributed by atoms with Gasteiger partial charge in [0.15, 0.2) is 17.9 Å². The van der Waals surface area contributed by atoms with Crippen molar-refractivity contribution in [3.63, 3.8) is 0 Å². The van der Waals surface area contributed by atoms with Crippen molar-refractivity contribution >= 4 is 55.3 Å². The number of phosphoric acid groups is 1. The van der Waals surface area contributed by atoms with Crippen LogP contribution in [0.25, 0.3) is 11.0 Å². The summed E-state index contributed by atoms with van der Waals surface area (Å²) in [6.07, 6.45) is -6.35. The summed E-state index contributed by atoms with van der Waals surface area (Å²) in [5, 5.41) is 50.4. The van der Waals surface area contributed by atoms with Gasteiger partial charge in [0, 0.05) is 24.9 Å². The quantitative estimate of drug-likeness (QED) is 0.0962. The van der Waals surface area contributed by atoms with E-state index < -0.39 is 99.7 Å². The van der Waals surface area contributed by atoms with Crippen LogP contribution in [0.5, 0.6) is 0 Å². The van der Waals surface area contributed by atoms with E-state index in [0.717, 1.165) is 13.1 Å². The minimum absolute atomic E-state index is 0.0938. The number of aliphatic hydroxyl groups is 5. The summed E-state index contributed by atoms with van der Waals surface area (Å²) in [4.78, 5) is 47.0. The lowest BCUT2D eigenvalue weighted by molar-refractivity contribution is -0.427. The second-order valence-electron chi connectivity index (χ2n) is 11.2. The molecule has 0 radical (unpaired) electrons. The van der Waals surface area contributed by atoms with E-state index in [4.69, 9.17) is 36.1 Å². The van der Waals surface area contributed by atoms with Crippen molar-refractivity contribution < 1.29 is 71.9 Å². The van der Waals surface area contributed by atoms with Gasteiger partial charge >= 0.3 is 14.5 Å². The Hall–Kier alpha value is -1.91. The number of nitrogens with zero attached hydrogens (tertiary/aromatic N) is 3. The Kier molecular flexibility index (Phi) is 9.63. The number of rotatable bonds is 11. The van der Waals surface area contributed by atoms with Crippen molar-refractivity contribution in [2.45, 2.75) is 62.1 Å². The number of phosphoric ester groups is 1. The van der Waals surface area contributed by atoms with Gasteiger partial charge in [-0.05, 0) is 18.7 Å². The molecule has 5 rings (SSSR count). The Labute approximate surface area is 264 Å². The Bertz CT molecular complexity index is 1620. The van der Waals surface area contributed by atoms with Gasteiger partial charge in [-0.2, -0.15) is 0 Å². The number of amides is 1. The fraction of sp³-hybridized carbons (Fsp3) is 0.652. The zero-order valence-corrected chi connectivity index (χ0v) is 26.5. The first-order chi connectivity index (χ1) is 21.3. The van der Waals surface area contributed by atoms with Gasteiger partial charge in [-0.15, -0.1) is 0 Å². The number of H-pyrrole nitrogens is 1. The fourth-order valence-electron chi connectivity index (χ4n) is 6.07. The molecule has 46 heavy (non-hydrogen) atoms. The van der Waals surface area contributed by atoms with Crippen molar-refractivity contribution in [1.29, 1.82) is 0 Å². The molecule has 19 nitrogen and oxygen atoms in total. The minimum Gasteiger partial charge on any atom is -0.394 e. The number of nitrogens with one attached hydrogen (secondary N) is 1. The van der Waals surface area contributed by atoms with E-state index in [0.29, 0.717) is 5.52 Å². The number of aromatic nitrogens is 3. The number of carbonyl (C=O) groups is 1. The number of fused-ring (bicyclic) bond motifs is 2. The number of aliphatic hydroxyl groups excluding tert-OH is 4. The van der Waals surface area contributed by atoms with Crippen molar-refractivity contribution in [1.82, 2.24) is 15.0 Å². The topological polar surface area (TPSA) is 302 Å². The SMILES string of the molecule is CC(=O)N=CC1[C@@H](COP(O)(=S)OP(=O)(O)OC2OC3(O)C2C(O)C(O)C3[C@@H](O)CO)O[C@@H](c2c[nH]c3c(N)ncnc23)[C@]1(C)F. The average Bonchev–Trinajstić information content (AvgIpc) is 3.51. The van der Waals surface area contributed by atoms with E-state index in [1.807, 2.05) is 0 Å². The third-order valence-electron chi connectivity index (χ3n) is 8.18. The molecule has 1 aliphatic carbocycles. The summed E-state index contributed by atoms with van der Waals surface area (Å²) in [5.74, 6) is -7.49. The largest absolute Gasteiger partial charge is 0.481 e. The Morgan fingerprint density at radius 2 is 2.04 bits per heavy atom. The molecule has 0 spiro atoms. The van der Waals surface area contributed by atoms with Crippen molar-refractivity contribution in [2.24, 2.45) is 22.7 Å². The van der Waals surface area contributed by atoms with Crippen LogP contribution in [0.3, 0.4) is 0 Å². The first kappa shape index (κ1) is 35.4. The van der Waals surface area contributed by atoms with Gasteiger partial charge in [0.05, 0.1) is 60.9 Å². The molecule has 2 aromatic heterocycles. The van der Waals surface area contributed by atoms with Gasteiger partial charge in [-0.3, -0.25) is 9.32 Å². The number of alkyl halides is 1. The number of nitrogen functional groups attached to an aromatic ring is 1. The third-order valence-corrected chi connectivity index (χ3v) is 11.7. The molecular formula is C23H32FN5O14P2S. The highest BCUT2D eigenvalue weighted by atomic mass is 32.5. The summed E-state index contributed by atoms with van der Waals surface area (Å²) in [6, 6.07) is 0. The van der Waals surface area contributed by atoms with Crippen molar-refractivity contribution in [3.05, 3.63) is 18.1 Å². The van der Waals surface area contributed by atoms with E-state index >= 15 is 4.39 Å². The van der Waals surface area contributed by atoms with Gasteiger partial charge in [0.1, 0.15) is 23.6 Å². The van der Waals surface area contributed by atoms with E-state index in [2.05, 4.69) is 24.3 Å². The van der Waals surface area contributed by atoms with E-state index in [1.54, 1.807) is 0 Å². The lowest BCUT2D eigenvalue weighted by Gasteiger charge is -2.49. The Morgan fingerprint density at radius 1 is 1.35 bits per heavy atom. The summed E-state index contributed by atoms with van der Waals surface area (Å²) >= 11 is 4.84. The molecule has 0 aromatic carbocycles. The highest BCUT2D eigenvalue weighted by Gasteiger charge is 2.73. The maximum absolute atomic E-state index is 16.4. The monoisotopic (exact) mass is 715 g/mol. The maximum Gasteiger partial charge on any atom is 0.481 e. The molecule has 3 fully saturated rings. The maximum atomic E-state index is 16.4. The molecule has 2 aliphatic heterocycles. The second-order valence-corrected chi connectivity index (χ2v) is 15.6. The molecule has 2 aromatic rings. The number of hydrogen-bond donors (Lipinski definition) is 9. The van der Waals surface area contributed by atoms with Crippen LogP contribution >= 0.6 is 14.5 Å². The van der Waals surface area contributed by atoms with Crippen molar-refractivity contribution in [2.75, 3.05) is 18.9 Å². The van der Waals surface area contributed by atoms with Gasteiger partial charge in [0.2, 0.25) is 5.91 Å². The third kappa shape index (κ3) is 6.31. The predicted octanol–water partition coefficient (Wildman–Crippen LogP) is -1.33. The second kappa shape index (κ2) is 12.5. The summed E-state index contributed by atoms with van der Waals surface area (Å²) in [7, 11) is -5.41. The van der Waals surface area contributed by atoms with Crippen molar-refractivity contribution in [3.8, 4) is 0 Å². The van der Waals surface area contributed by atoms with E-state index in [-0.39, 0.29) is 16.9 Å². The molecule has 9 unspecified atom stereocenters. The highest BCUT2D eigenvalue weighted by Crippen LogP contribution is 2.65. The number of anilines is 1. The molecule has 4 heterocycles. The normalized spacial score (nSPS) is 39.2. The molecule has 23 heteroatoms. The molecule has 2 saturated heterocycles. The number of halogens is 1. The Balaban J connectivity index is 1.29. The van der Waals surface area contributed by atoms with Crippen LogP contribution in [0, 0.1) is 17.8 Å². The molecule has 3 aliphatic rings. The van der Waals surface area contributed by atoms with Gasteiger partial charge < -0.3 is 60.0 Å². The first-order valence-electron chi connectivity index (χ1n) is 13.5. The van der Waals surface area contributed by atoms with Crippen LogP contribution in [0.1, 0.15) is 25.5 Å². The standard InChI is InChI=1S/C23H32FN5O14P2S/c1-8(31)26-4-10-12(40-19(22(10,2)24)9-3-27-16-15(9)28-7-29-20(16)25)6-39-45(38,46)43-44(36,37)42-21-14-18(34)17(33)13(11(32)5-30)23(14,35)41-21/h3-4,7,10-14,17-19,21,27,30,32-35H,5-6H2,1-2H3,(H,36,37)(H,38,46)(H2,25,28,29)/t10?,11-,12+,13?,14?,17?,18?,19-,21?,22+,23?,45?/m0/s1. The minimum atomic E-state index is -5.41. The molecular weight excluding hydrogens is 683 g/mol. The predicted molar refractivity (Wildman–Crippen MR) is 154 cm³/mol. The van der Waals surface area contributed by atoms with Gasteiger partial charge in [-0.1, -0.05) is 0 Å². The van der Waals surface area contributed by atoms with E-state index in [9.17, 15) is 44.7 Å². The average molecular weight is 716 g/mol. The lowest BCUT2D eigenvalue weighted by atomic mass is 9.84. The smallest absolute Gasteiger partial charge is 0.394 e. The van der Waals surface area contributed by atoms with E-state index in [1.165, 1.54) is 19.4 Å². The van der Waals surface area contributed by atoms with Crippen LogP contribution < -0.4 is 5.73 Å². The molecule has 1 amide bonds. The van der Waals surface area contributed by atoms with Crippen LogP contribution in [0.15, 0.2) is 17.5 Å². The number of aromatic amines is 1. The molecule has 13 atom stereocenters. The summed E-state index contributed by atoms with van der Waals surface area (Å²) in [6.45, 7) is -4.05. The molecule has 0 bridgehead atoms. The summed E-state index contributed by atoms with van der Waals surface area (Å²) in [5.41, 5.74) is 4.40. The zero-order chi connectivity index (χ0) is 34.0. The highest BCUT2D eigenvalue weighted by molar-refractivity contribution is 8.08. The van der Waals surface area contributed by atoms with Crippen LogP contribution in [-0.4, -0.2) is 118 Å². The number of aliphatic imine (C=N–C) groups is 1. The number of nitrogens with two attached hydrogens (primary N) is 1. The lowest BCUT2D eigenvalue weighted by Crippen LogP contribution is -2.64. The summed E-state index contributed by atoms with van der Waals surface area (Å²) < 4.78 is 54.8. The number of carbonyl (C=O) groups excluding carboxylic acids is 1. The number of ether oxygens (including phenoxy) is 2. The zero-order valence-electron chi connectivity index (χ0n) is 23.9. The van der Waals surface area contributed by atoms with Crippen LogP contribution in [0.2, 0.25) is 0 Å². The fourth-order valence-corrected chi connectivity index (χ4v) is 9.17. The van der Waals surface area contributed by atoms with Crippen LogP contribution in [0.4, 0.5) is 10.2 Å². The van der Waals surface area contributed by atoms with Crippen LogP contribution in [-0.2, 0) is 44.0 Å². The Morgan fingerprint density at radius 3 is 2.70 bits per heavy atom. The van der Waals surface area contributed by atoms with Gasteiger partial charge in [-0.25, -0.2) is 28.2 Å².